The van der Waals surface area contributed by atoms with Crippen molar-refractivity contribution in [1.82, 2.24) is 9.62 Å². The van der Waals surface area contributed by atoms with E-state index in [1.807, 2.05) is 39.0 Å². The number of hydrogen-bond donors (Lipinski definition) is 1. The topological polar surface area (TPSA) is 94.2 Å². The molecule has 0 bridgehead atoms. The fraction of sp³-hybridized carbons (Fsp3) is 0.435. The third kappa shape index (κ3) is 7.13. The first-order chi connectivity index (χ1) is 15.3. The van der Waals surface area contributed by atoms with Crippen molar-refractivity contribution in [2.45, 2.75) is 38.6 Å². The standard InChI is InChI=1S/C23H32N2O6S/c1-5-25(17-18-8-13-21(31-7-3)22(16-18)29-4)23(26)14-15-24-32(27,28)20-11-9-19(10-12-20)30-6-2/h8-13,16,24H,5-7,14-15,17H2,1-4H3. The van der Waals surface area contributed by atoms with Gasteiger partial charge in [0.1, 0.15) is 5.75 Å². The van der Waals surface area contributed by atoms with Crippen LogP contribution in [0.3, 0.4) is 0 Å². The zero-order chi connectivity index (χ0) is 23.6. The van der Waals surface area contributed by atoms with Gasteiger partial charge >= 0.3 is 0 Å². The Kier molecular flexibility index (Phi) is 9.80. The van der Waals surface area contributed by atoms with Crippen LogP contribution in [0.25, 0.3) is 0 Å². The number of nitrogens with zero attached hydrogens (tertiary/aromatic N) is 1. The van der Waals surface area contributed by atoms with Crippen molar-refractivity contribution < 1.29 is 27.4 Å². The molecule has 0 heterocycles. The Labute approximate surface area is 190 Å². The van der Waals surface area contributed by atoms with Crippen molar-refractivity contribution in [2.75, 3.05) is 33.4 Å². The van der Waals surface area contributed by atoms with Gasteiger partial charge in [0.05, 0.1) is 25.2 Å². The maximum absolute atomic E-state index is 12.7. The largest absolute Gasteiger partial charge is 0.494 e. The number of carbonyl (C=O) groups excluding carboxylic acids is 1. The third-order valence-electron chi connectivity index (χ3n) is 4.71. The molecule has 9 heteroatoms. The molecule has 32 heavy (non-hydrogen) atoms. The van der Waals surface area contributed by atoms with Crippen LogP contribution in [0.5, 0.6) is 17.2 Å². The molecule has 0 spiro atoms. The second kappa shape index (κ2) is 12.3. The number of rotatable bonds is 13. The molecular formula is C23H32N2O6S. The summed E-state index contributed by atoms with van der Waals surface area (Å²) >= 11 is 0. The highest BCUT2D eigenvalue weighted by Gasteiger charge is 2.17. The van der Waals surface area contributed by atoms with Gasteiger partial charge in [0.25, 0.3) is 0 Å². The Morgan fingerprint density at radius 2 is 1.66 bits per heavy atom. The number of methoxy groups -OCH3 is 1. The number of benzene rings is 2. The molecule has 0 fully saturated rings. The van der Waals surface area contributed by atoms with Gasteiger partial charge in [0, 0.05) is 26.1 Å². The van der Waals surface area contributed by atoms with E-state index < -0.39 is 10.0 Å². The lowest BCUT2D eigenvalue weighted by Gasteiger charge is -2.22. The number of nitrogens with one attached hydrogen (secondary N) is 1. The summed E-state index contributed by atoms with van der Waals surface area (Å²) in [4.78, 5) is 14.5. The van der Waals surface area contributed by atoms with Gasteiger partial charge in [-0.2, -0.15) is 0 Å². The van der Waals surface area contributed by atoms with E-state index in [9.17, 15) is 13.2 Å². The van der Waals surface area contributed by atoms with E-state index >= 15 is 0 Å². The van der Waals surface area contributed by atoms with E-state index in [-0.39, 0.29) is 23.8 Å². The molecule has 0 saturated carbocycles. The van der Waals surface area contributed by atoms with Crippen LogP contribution in [0.15, 0.2) is 47.4 Å². The molecule has 2 aromatic carbocycles. The first-order valence-corrected chi connectivity index (χ1v) is 12.1. The van der Waals surface area contributed by atoms with E-state index in [4.69, 9.17) is 14.2 Å². The number of amides is 1. The smallest absolute Gasteiger partial charge is 0.240 e. The Hall–Kier alpha value is -2.78. The molecule has 1 amide bonds. The molecular weight excluding hydrogens is 432 g/mol. The van der Waals surface area contributed by atoms with Crippen LogP contribution in [-0.2, 0) is 21.4 Å². The molecule has 0 atom stereocenters. The maximum atomic E-state index is 12.7. The summed E-state index contributed by atoms with van der Waals surface area (Å²) in [6, 6.07) is 11.7. The molecule has 0 aliphatic carbocycles. The van der Waals surface area contributed by atoms with Gasteiger partial charge in [-0.15, -0.1) is 0 Å². The van der Waals surface area contributed by atoms with Gasteiger partial charge in [-0.25, -0.2) is 13.1 Å². The van der Waals surface area contributed by atoms with Gasteiger partial charge in [0.15, 0.2) is 11.5 Å². The molecule has 0 aromatic heterocycles. The summed E-state index contributed by atoms with van der Waals surface area (Å²) in [5.74, 6) is 1.72. The highest BCUT2D eigenvalue weighted by molar-refractivity contribution is 7.89. The summed E-state index contributed by atoms with van der Waals surface area (Å²) < 4.78 is 43.6. The van der Waals surface area contributed by atoms with Crippen LogP contribution in [0, 0.1) is 0 Å². The maximum Gasteiger partial charge on any atom is 0.240 e. The van der Waals surface area contributed by atoms with Crippen molar-refractivity contribution in [3.05, 3.63) is 48.0 Å². The lowest BCUT2D eigenvalue weighted by Crippen LogP contribution is -2.34. The monoisotopic (exact) mass is 464 g/mol. The fourth-order valence-electron chi connectivity index (χ4n) is 3.10. The first kappa shape index (κ1) is 25.5. The average Bonchev–Trinajstić information content (AvgIpc) is 2.78. The fourth-order valence-corrected chi connectivity index (χ4v) is 4.13. The zero-order valence-electron chi connectivity index (χ0n) is 19.1. The molecule has 2 aromatic rings. The highest BCUT2D eigenvalue weighted by atomic mass is 32.2. The van der Waals surface area contributed by atoms with Gasteiger partial charge < -0.3 is 19.1 Å². The molecule has 0 aliphatic heterocycles. The predicted octanol–water partition coefficient (Wildman–Crippen LogP) is 3.21. The zero-order valence-corrected chi connectivity index (χ0v) is 19.9. The van der Waals surface area contributed by atoms with Crippen molar-refractivity contribution in [1.29, 1.82) is 0 Å². The molecule has 0 aliphatic rings. The summed E-state index contributed by atoms with van der Waals surface area (Å²) in [5, 5.41) is 0. The summed E-state index contributed by atoms with van der Waals surface area (Å²) in [6.45, 7) is 7.57. The number of carbonyl (C=O) groups is 1. The quantitative estimate of drug-likeness (QED) is 0.489. The number of ether oxygens (including phenoxy) is 3. The van der Waals surface area contributed by atoms with Gasteiger partial charge in [-0.1, -0.05) is 6.07 Å². The SMILES string of the molecule is CCOc1ccc(S(=O)(=O)NCCC(=O)N(CC)Cc2ccc(OCC)c(OC)c2)cc1. The second-order valence-electron chi connectivity index (χ2n) is 6.88. The van der Waals surface area contributed by atoms with E-state index in [2.05, 4.69) is 4.72 Å². The summed E-state index contributed by atoms with van der Waals surface area (Å²) in [5.41, 5.74) is 0.899. The molecule has 1 N–H and O–H groups in total. The van der Waals surface area contributed by atoms with Crippen LogP contribution in [-0.4, -0.2) is 52.6 Å². The van der Waals surface area contributed by atoms with E-state index in [0.717, 1.165) is 5.56 Å². The molecule has 0 saturated heterocycles. The van der Waals surface area contributed by atoms with Crippen molar-refractivity contribution in [3.8, 4) is 17.2 Å². The predicted molar refractivity (Wildman–Crippen MR) is 123 cm³/mol. The first-order valence-electron chi connectivity index (χ1n) is 10.6. The molecule has 8 nitrogen and oxygen atoms in total. The highest BCUT2D eigenvalue weighted by Crippen LogP contribution is 2.28. The van der Waals surface area contributed by atoms with Crippen LogP contribution < -0.4 is 18.9 Å². The number of sulfonamides is 1. The lowest BCUT2D eigenvalue weighted by atomic mass is 10.1. The van der Waals surface area contributed by atoms with E-state index in [1.54, 1.807) is 24.1 Å². The van der Waals surface area contributed by atoms with Crippen molar-refractivity contribution in [3.63, 3.8) is 0 Å². The Bertz CT molecular complexity index is 976. The Morgan fingerprint density at radius 1 is 0.969 bits per heavy atom. The van der Waals surface area contributed by atoms with Crippen LogP contribution >= 0.6 is 0 Å². The summed E-state index contributed by atoms with van der Waals surface area (Å²) in [6.07, 6.45) is 0.0538. The minimum absolute atomic E-state index is 0.0114. The Balaban J connectivity index is 1.94. The van der Waals surface area contributed by atoms with Gasteiger partial charge in [0.2, 0.25) is 15.9 Å². The Morgan fingerprint density at radius 3 is 2.25 bits per heavy atom. The minimum Gasteiger partial charge on any atom is -0.494 e. The van der Waals surface area contributed by atoms with Crippen molar-refractivity contribution >= 4 is 15.9 Å². The van der Waals surface area contributed by atoms with Gasteiger partial charge in [-0.3, -0.25) is 4.79 Å². The normalized spacial score (nSPS) is 11.1. The lowest BCUT2D eigenvalue weighted by molar-refractivity contribution is -0.131. The summed E-state index contributed by atoms with van der Waals surface area (Å²) in [7, 11) is -2.13. The average molecular weight is 465 g/mol. The minimum atomic E-state index is -3.70. The number of hydrogen-bond acceptors (Lipinski definition) is 6. The van der Waals surface area contributed by atoms with Crippen LogP contribution in [0.2, 0.25) is 0 Å². The third-order valence-corrected chi connectivity index (χ3v) is 6.19. The molecule has 0 unspecified atom stereocenters. The van der Waals surface area contributed by atoms with Gasteiger partial charge in [-0.05, 0) is 62.7 Å². The molecule has 176 valence electrons. The van der Waals surface area contributed by atoms with Crippen molar-refractivity contribution in [2.24, 2.45) is 0 Å². The van der Waals surface area contributed by atoms with Crippen LogP contribution in [0.4, 0.5) is 0 Å². The van der Waals surface area contributed by atoms with E-state index in [1.165, 1.54) is 12.1 Å². The molecule has 2 rings (SSSR count). The van der Waals surface area contributed by atoms with E-state index in [0.29, 0.717) is 43.6 Å². The molecule has 0 radical (unpaired) electrons. The second-order valence-corrected chi connectivity index (χ2v) is 8.65. The van der Waals surface area contributed by atoms with Crippen LogP contribution in [0.1, 0.15) is 32.8 Å².